The first kappa shape index (κ1) is 65.2. The van der Waals surface area contributed by atoms with E-state index in [2.05, 4.69) is 65.9 Å². The maximum Gasteiger partial charge on any atom is 0.407 e. The Bertz CT molecular complexity index is 1800. The number of hydrogen-bond donors (Lipinski definition) is 3. The van der Waals surface area contributed by atoms with E-state index in [1.165, 1.54) is 63.4 Å². The van der Waals surface area contributed by atoms with Gasteiger partial charge in [0.05, 0.1) is 6.61 Å². The third-order valence-corrected chi connectivity index (χ3v) is 14.8. The van der Waals surface area contributed by atoms with E-state index in [0.29, 0.717) is 45.5 Å². The van der Waals surface area contributed by atoms with E-state index in [0.717, 1.165) is 108 Å². The SMILES string of the molecule is C=CC(=O)OCCOC(=O)CCCCCCCNC(=O)N(CCCCCCNC(=O)OC(CCCCCCCCCCCC)COc1ccc([I+]c2ccccc2)cc1)C(=O)NCCCCCCCC(=O)OCC. The second-order valence-corrected chi connectivity index (χ2v) is 21.6. The van der Waals surface area contributed by atoms with Gasteiger partial charge >= 0.3 is 57.3 Å². The molecule has 0 heterocycles. The number of imide groups is 1. The van der Waals surface area contributed by atoms with Crippen LogP contribution in [0, 0.1) is 7.14 Å². The number of halogens is 1. The lowest BCUT2D eigenvalue weighted by Crippen LogP contribution is -3.61. The zero-order valence-corrected chi connectivity index (χ0v) is 47.3. The molecule has 0 bridgehead atoms. The van der Waals surface area contributed by atoms with E-state index >= 15 is 0 Å². The first-order chi connectivity index (χ1) is 36.1. The number of nitrogens with zero attached hydrogens (tertiary/aromatic N) is 1. The Morgan fingerprint density at radius 2 is 1.04 bits per heavy atom. The van der Waals surface area contributed by atoms with Gasteiger partial charge in [0.1, 0.15) is 31.7 Å². The summed E-state index contributed by atoms with van der Waals surface area (Å²) < 4.78 is 29.6. The number of urea groups is 2. The van der Waals surface area contributed by atoms with Crippen molar-refractivity contribution in [1.82, 2.24) is 20.9 Å². The average molecular weight is 1150 g/mol. The summed E-state index contributed by atoms with van der Waals surface area (Å²) in [4.78, 5) is 75.5. The molecule has 0 saturated carbocycles. The van der Waals surface area contributed by atoms with Gasteiger partial charge in [-0.2, -0.15) is 0 Å². The minimum Gasteiger partial charge on any atom is -0.490 e. The number of ether oxygens (including phenoxy) is 5. The Labute approximate surface area is 454 Å². The minimum atomic E-state index is -0.562. The van der Waals surface area contributed by atoms with E-state index in [4.69, 9.17) is 23.7 Å². The number of unbranched alkanes of at least 4 members (excludes halogenated alkanes) is 20. The Kier molecular flexibility index (Phi) is 40.1. The number of alkyl carbamates (subject to hydrolysis) is 1. The smallest absolute Gasteiger partial charge is 0.407 e. The van der Waals surface area contributed by atoms with Crippen molar-refractivity contribution < 1.29 is 73.7 Å². The summed E-state index contributed by atoms with van der Waals surface area (Å²) in [6, 6.07) is 17.9. The molecule has 2 aromatic rings. The van der Waals surface area contributed by atoms with Crippen molar-refractivity contribution in [3.63, 3.8) is 0 Å². The van der Waals surface area contributed by atoms with E-state index < -0.39 is 24.1 Å². The number of esters is 3. The molecular weight excluding hydrogens is 1060 g/mol. The van der Waals surface area contributed by atoms with Crippen molar-refractivity contribution in [1.29, 1.82) is 0 Å². The molecule has 15 nitrogen and oxygen atoms in total. The highest BCUT2D eigenvalue weighted by molar-refractivity contribution is 5.93. The second-order valence-electron chi connectivity index (χ2n) is 18.5. The van der Waals surface area contributed by atoms with Gasteiger partial charge in [0.25, 0.3) is 0 Å². The summed E-state index contributed by atoms with van der Waals surface area (Å²) in [5.74, 6) is -0.315. The van der Waals surface area contributed by atoms with Gasteiger partial charge in [-0.3, -0.25) is 9.59 Å². The van der Waals surface area contributed by atoms with E-state index in [1.807, 2.05) is 18.2 Å². The van der Waals surface area contributed by atoms with Crippen molar-refractivity contribution in [3.8, 4) is 5.75 Å². The molecule has 0 aliphatic heterocycles. The van der Waals surface area contributed by atoms with Crippen LogP contribution in [0.4, 0.5) is 14.4 Å². The van der Waals surface area contributed by atoms with Gasteiger partial charge in [0.2, 0.25) is 0 Å². The van der Waals surface area contributed by atoms with Crippen LogP contribution < -0.4 is 41.9 Å². The molecule has 74 heavy (non-hydrogen) atoms. The summed E-state index contributed by atoms with van der Waals surface area (Å²) in [6.07, 6.45) is 25.1. The topological polar surface area (TPSA) is 188 Å². The molecule has 416 valence electrons. The van der Waals surface area contributed by atoms with Gasteiger partial charge in [0.15, 0.2) is 7.14 Å². The molecule has 1 atom stereocenters. The fourth-order valence-electron chi connectivity index (χ4n) is 7.94. The van der Waals surface area contributed by atoms with Gasteiger partial charge in [-0.05, 0) is 94.7 Å². The highest BCUT2D eigenvalue weighted by Gasteiger charge is 2.21. The average Bonchev–Trinajstić information content (AvgIpc) is 3.40. The quantitative estimate of drug-likeness (QED) is 0.0189. The molecule has 2 aromatic carbocycles. The van der Waals surface area contributed by atoms with Crippen LogP contribution in [0.5, 0.6) is 5.75 Å². The molecular formula is C58H92IN4O11+. The Balaban J connectivity index is 1.79. The number of carbonyl (C=O) groups is 6. The molecule has 0 radical (unpaired) electrons. The maximum absolute atomic E-state index is 13.3. The number of benzene rings is 2. The standard InChI is InChI=1S/C58H91IN4O11/c1-4-7-8-9-10-11-12-13-16-26-35-52(48-73-51-40-38-50(39-41-51)59-49-33-24-23-25-34-49)74-58(69)62-44-31-21-22-32-45-63(56(67)60-42-29-19-14-17-27-36-54(65)70-6-3)57(68)61-43-30-20-15-18-28-37-55(66)72-47-46-71-53(64)5-2/h5,23-25,33-34,38-41,52H,2,4,6-22,26-32,35-37,42-48H2,1,3H3,(H2-,60,61,62,67,68,69)/p+1. The lowest BCUT2D eigenvalue weighted by atomic mass is 10.0. The lowest BCUT2D eigenvalue weighted by Gasteiger charge is -2.22. The second kappa shape index (κ2) is 45.5. The number of hydrogen-bond acceptors (Lipinski definition) is 11. The maximum atomic E-state index is 13.3. The summed E-state index contributed by atoms with van der Waals surface area (Å²) in [5, 5.41) is 8.75. The molecule has 2 rings (SSSR count). The highest BCUT2D eigenvalue weighted by Crippen LogP contribution is 2.16. The van der Waals surface area contributed by atoms with Crippen molar-refractivity contribution in [2.75, 3.05) is 52.6 Å². The van der Waals surface area contributed by atoms with E-state index in [1.54, 1.807) is 6.92 Å². The van der Waals surface area contributed by atoms with Crippen molar-refractivity contribution in [2.45, 2.75) is 193 Å². The third kappa shape index (κ3) is 36.1. The summed E-state index contributed by atoms with van der Waals surface area (Å²) in [6.45, 7) is 9.59. The predicted molar refractivity (Wildman–Crippen MR) is 287 cm³/mol. The normalized spacial score (nSPS) is 11.2. The van der Waals surface area contributed by atoms with Crippen LogP contribution in [0.15, 0.2) is 67.3 Å². The summed E-state index contributed by atoms with van der Waals surface area (Å²) in [5.41, 5.74) is 0. The highest BCUT2D eigenvalue weighted by atomic mass is 127. The van der Waals surface area contributed by atoms with Crippen LogP contribution in [-0.2, 0) is 33.3 Å². The number of rotatable bonds is 45. The Hall–Kier alpha value is -4.87. The fraction of sp³-hybridized carbons (Fsp3) is 0.655. The van der Waals surface area contributed by atoms with Crippen molar-refractivity contribution >= 4 is 36.1 Å². The van der Waals surface area contributed by atoms with Crippen LogP contribution in [0.3, 0.4) is 0 Å². The molecule has 0 fully saturated rings. The van der Waals surface area contributed by atoms with Crippen LogP contribution >= 0.6 is 0 Å². The lowest BCUT2D eigenvalue weighted by molar-refractivity contribution is -0.597. The fourth-order valence-corrected chi connectivity index (χ4v) is 10.2. The molecule has 3 N–H and O–H groups in total. The first-order valence-electron chi connectivity index (χ1n) is 28.0. The molecule has 1 unspecified atom stereocenters. The Morgan fingerprint density at radius 1 is 0.554 bits per heavy atom. The predicted octanol–water partition coefficient (Wildman–Crippen LogP) is 9.40. The largest absolute Gasteiger partial charge is 0.490 e. The van der Waals surface area contributed by atoms with Crippen molar-refractivity contribution in [3.05, 3.63) is 74.4 Å². The van der Waals surface area contributed by atoms with Gasteiger partial charge < -0.3 is 39.6 Å². The van der Waals surface area contributed by atoms with Crippen LogP contribution in [0.1, 0.15) is 187 Å². The Morgan fingerprint density at radius 3 is 1.61 bits per heavy atom. The molecule has 0 aliphatic carbocycles. The molecule has 5 amide bonds. The van der Waals surface area contributed by atoms with Gasteiger partial charge in [-0.1, -0.05) is 141 Å². The first-order valence-corrected chi connectivity index (χ1v) is 30.1. The minimum absolute atomic E-state index is 0.00792. The summed E-state index contributed by atoms with van der Waals surface area (Å²) in [7, 11) is 0. The molecule has 0 aromatic heterocycles. The van der Waals surface area contributed by atoms with Gasteiger partial charge in [-0.25, -0.2) is 24.1 Å². The van der Waals surface area contributed by atoms with E-state index in [9.17, 15) is 28.8 Å². The number of amides is 5. The molecule has 0 spiro atoms. The number of nitrogens with one attached hydrogen (secondary N) is 3. The zero-order chi connectivity index (χ0) is 53.5. The van der Waals surface area contributed by atoms with Gasteiger partial charge in [0, 0.05) is 45.1 Å². The summed E-state index contributed by atoms with van der Waals surface area (Å²) >= 11 is -0.269. The van der Waals surface area contributed by atoms with Gasteiger partial charge in [-0.15, -0.1) is 0 Å². The molecule has 16 heteroatoms. The van der Waals surface area contributed by atoms with Crippen molar-refractivity contribution in [2.24, 2.45) is 0 Å². The monoisotopic (exact) mass is 1150 g/mol. The van der Waals surface area contributed by atoms with E-state index in [-0.39, 0.29) is 72.0 Å². The molecule has 0 aliphatic rings. The van der Waals surface area contributed by atoms with Crippen LogP contribution in [-0.4, -0.2) is 99.7 Å². The van der Waals surface area contributed by atoms with Crippen LogP contribution in [0.2, 0.25) is 0 Å². The van der Waals surface area contributed by atoms with Crippen LogP contribution in [0.25, 0.3) is 0 Å². The third-order valence-electron chi connectivity index (χ3n) is 12.2. The molecule has 0 saturated heterocycles. The zero-order valence-electron chi connectivity index (χ0n) is 45.1. The number of carbonyl (C=O) groups excluding carboxylic acids is 6.